The van der Waals surface area contributed by atoms with Crippen LogP contribution in [0.1, 0.15) is 20.3 Å². The lowest BCUT2D eigenvalue weighted by atomic mass is 10.0. The molecule has 0 aliphatic heterocycles. The molecule has 1 aliphatic rings. The minimum atomic E-state index is -2.66. The lowest BCUT2D eigenvalue weighted by Crippen LogP contribution is -2.20. The van der Waals surface area contributed by atoms with Gasteiger partial charge in [0.2, 0.25) is 0 Å². The molecule has 1 rings (SSSR count). The summed E-state index contributed by atoms with van der Waals surface area (Å²) in [6, 6.07) is 0. The third-order valence-corrected chi connectivity index (χ3v) is 2.14. The molecule has 0 nitrogen and oxygen atoms in total. The molecule has 0 aromatic heterocycles. The molecule has 1 atom stereocenters. The number of halogens is 2. The van der Waals surface area contributed by atoms with Crippen molar-refractivity contribution in [2.45, 2.75) is 26.2 Å². The van der Waals surface area contributed by atoms with Gasteiger partial charge in [0, 0.05) is 6.92 Å². The van der Waals surface area contributed by atoms with Crippen LogP contribution in [0.15, 0.2) is 36.0 Å². The van der Waals surface area contributed by atoms with Gasteiger partial charge in [-0.3, -0.25) is 0 Å². The predicted octanol–water partition coefficient (Wildman–Crippen LogP) is 3.72. The number of hydrogen-bond donors (Lipinski definition) is 0. The van der Waals surface area contributed by atoms with E-state index >= 15 is 0 Å². The highest BCUT2D eigenvalue weighted by Crippen LogP contribution is 2.28. The first kappa shape index (κ1) is 10.2. The monoisotopic (exact) mass is 184 g/mol. The van der Waals surface area contributed by atoms with E-state index in [2.05, 4.69) is 0 Å². The van der Waals surface area contributed by atoms with Crippen LogP contribution in [0, 0.1) is 5.92 Å². The van der Waals surface area contributed by atoms with Crippen molar-refractivity contribution < 1.29 is 8.78 Å². The predicted molar refractivity (Wildman–Crippen MR) is 50.8 cm³/mol. The van der Waals surface area contributed by atoms with Crippen molar-refractivity contribution in [3.05, 3.63) is 36.0 Å². The summed E-state index contributed by atoms with van der Waals surface area (Å²) < 4.78 is 25.8. The Balaban J connectivity index is 2.79. The minimum Gasteiger partial charge on any atom is -0.206 e. The third-order valence-electron chi connectivity index (χ3n) is 2.14. The zero-order valence-corrected chi connectivity index (χ0v) is 7.93. The third kappa shape index (κ3) is 2.79. The van der Waals surface area contributed by atoms with E-state index in [0.29, 0.717) is 0 Å². The first-order valence-corrected chi connectivity index (χ1v) is 4.47. The SMILES string of the molecule is CCC1=CC=CC(C(C)(F)F)C=C1. The summed E-state index contributed by atoms with van der Waals surface area (Å²) in [6.45, 7) is 2.96. The average Bonchev–Trinajstić information content (AvgIpc) is 2.26. The van der Waals surface area contributed by atoms with Gasteiger partial charge < -0.3 is 0 Å². The van der Waals surface area contributed by atoms with Crippen LogP contribution in [0.2, 0.25) is 0 Å². The van der Waals surface area contributed by atoms with Gasteiger partial charge in [-0.05, 0) is 12.0 Å². The first-order valence-electron chi connectivity index (χ1n) is 4.47. The van der Waals surface area contributed by atoms with Gasteiger partial charge in [0.05, 0.1) is 5.92 Å². The molecule has 0 radical (unpaired) electrons. The number of alkyl halides is 2. The number of hydrogen-bond acceptors (Lipinski definition) is 0. The molecule has 0 amide bonds. The lowest BCUT2D eigenvalue weighted by molar-refractivity contribution is -0.00410. The van der Waals surface area contributed by atoms with Crippen molar-refractivity contribution in [1.29, 1.82) is 0 Å². The molecule has 0 saturated carbocycles. The molecule has 72 valence electrons. The van der Waals surface area contributed by atoms with E-state index in [9.17, 15) is 8.78 Å². The smallest absolute Gasteiger partial charge is 0.206 e. The van der Waals surface area contributed by atoms with E-state index in [-0.39, 0.29) is 0 Å². The second kappa shape index (κ2) is 3.86. The van der Waals surface area contributed by atoms with Crippen LogP contribution >= 0.6 is 0 Å². The van der Waals surface area contributed by atoms with Gasteiger partial charge in [-0.2, -0.15) is 0 Å². The van der Waals surface area contributed by atoms with Crippen molar-refractivity contribution in [3.63, 3.8) is 0 Å². The molecule has 0 spiro atoms. The van der Waals surface area contributed by atoms with E-state index in [1.54, 1.807) is 24.3 Å². The summed E-state index contributed by atoms with van der Waals surface area (Å²) in [5.41, 5.74) is 1.09. The summed E-state index contributed by atoms with van der Waals surface area (Å²) >= 11 is 0. The van der Waals surface area contributed by atoms with E-state index in [4.69, 9.17) is 0 Å². The summed E-state index contributed by atoms with van der Waals surface area (Å²) in [7, 11) is 0. The van der Waals surface area contributed by atoms with Crippen molar-refractivity contribution in [2.75, 3.05) is 0 Å². The molecule has 13 heavy (non-hydrogen) atoms. The van der Waals surface area contributed by atoms with Crippen molar-refractivity contribution >= 4 is 0 Å². The van der Waals surface area contributed by atoms with Gasteiger partial charge in [-0.15, -0.1) is 0 Å². The molecule has 0 aromatic carbocycles. The summed E-state index contributed by atoms with van der Waals surface area (Å²) in [5.74, 6) is -3.43. The highest BCUT2D eigenvalue weighted by atomic mass is 19.3. The Hall–Kier alpha value is -0.920. The van der Waals surface area contributed by atoms with E-state index < -0.39 is 11.8 Å². The molecule has 0 heterocycles. The van der Waals surface area contributed by atoms with Crippen LogP contribution in [0.4, 0.5) is 8.78 Å². The molecule has 0 N–H and O–H groups in total. The molecule has 0 aromatic rings. The fourth-order valence-corrected chi connectivity index (χ4v) is 1.22. The molecule has 1 aliphatic carbocycles. The Morgan fingerprint density at radius 1 is 1.38 bits per heavy atom. The lowest BCUT2D eigenvalue weighted by Gasteiger charge is -2.15. The zero-order valence-electron chi connectivity index (χ0n) is 7.93. The van der Waals surface area contributed by atoms with Crippen LogP contribution in [0.25, 0.3) is 0 Å². The molecule has 0 bridgehead atoms. The Morgan fingerprint density at radius 2 is 2.08 bits per heavy atom. The van der Waals surface area contributed by atoms with Crippen molar-refractivity contribution in [3.8, 4) is 0 Å². The largest absolute Gasteiger partial charge is 0.254 e. The van der Waals surface area contributed by atoms with E-state index in [1.807, 2.05) is 13.0 Å². The van der Waals surface area contributed by atoms with Gasteiger partial charge in [0.15, 0.2) is 0 Å². The quantitative estimate of drug-likeness (QED) is 0.613. The number of rotatable bonds is 2. The highest BCUT2D eigenvalue weighted by molar-refractivity contribution is 5.29. The van der Waals surface area contributed by atoms with E-state index in [0.717, 1.165) is 18.9 Å². The maximum atomic E-state index is 12.9. The fraction of sp³-hybridized carbons (Fsp3) is 0.455. The Bertz CT molecular complexity index is 254. The van der Waals surface area contributed by atoms with Gasteiger partial charge in [-0.25, -0.2) is 8.78 Å². The Morgan fingerprint density at radius 3 is 2.62 bits per heavy atom. The molecular formula is C11H14F2. The number of allylic oxidation sites excluding steroid dienone is 6. The second-order valence-electron chi connectivity index (χ2n) is 3.32. The molecule has 1 unspecified atom stereocenters. The Kier molecular flexibility index (Phi) is 3.02. The maximum absolute atomic E-state index is 12.9. The van der Waals surface area contributed by atoms with Crippen LogP contribution in [-0.2, 0) is 0 Å². The van der Waals surface area contributed by atoms with Crippen molar-refractivity contribution in [1.82, 2.24) is 0 Å². The summed E-state index contributed by atoms with van der Waals surface area (Å²) in [5, 5.41) is 0. The van der Waals surface area contributed by atoms with E-state index in [1.165, 1.54) is 0 Å². The second-order valence-corrected chi connectivity index (χ2v) is 3.32. The molecule has 2 heteroatoms. The standard InChI is InChI=1S/C11H14F2/c1-3-9-5-4-6-10(8-7-9)11(2,12)13/h4-8,10H,3H2,1-2H3. The van der Waals surface area contributed by atoms with Crippen molar-refractivity contribution in [2.24, 2.45) is 5.92 Å². The average molecular weight is 184 g/mol. The molecule has 0 fully saturated rings. The van der Waals surface area contributed by atoms with Crippen LogP contribution in [0.3, 0.4) is 0 Å². The topological polar surface area (TPSA) is 0 Å². The van der Waals surface area contributed by atoms with Crippen LogP contribution < -0.4 is 0 Å². The fourth-order valence-electron chi connectivity index (χ4n) is 1.22. The van der Waals surface area contributed by atoms with Crippen LogP contribution in [-0.4, -0.2) is 5.92 Å². The minimum absolute atomic E-state index is 0.771. The normalized spacial score (nSPS) is 22.8. The van der Waals surface area contributed by atoms with Gasteiger partial charge in [0.25, 0.3) is 5.92 Å². The van der Waals surface area contributed by atoms with Crippen LogP contribution in [0.5, 0.6) is 0 Å². The van der Waals surface area contributed by atoms with Gasteiger partial charge in [0.1, 0.15) is 0 Å². The maximum Gasteiger partial charge on any atom is 0.254 e. The molecule has 0 saturated heterocycles. The molecular weight excluding hydrogens is 170 g/mol. The first-order chi connectivity index (χ1) is 6.04. The summed E-state index contributed by atoms with van der Waals surface area (Å²) in [6.07, 6.45) is 9.35. The highest BCUT2D eigenvalue weighted by Gasteiger charge is 2.29. The zero-order chi connectivity index (χ0) is 9.90. The Labute approximate surface area is 77.6 Å². The summed E-state index contributed by atoms with van der Waals surface area (Å²) in [4.78, 5) is 0. The van der Waals surface area contributed by atoms with Gasteiger partial charge >= 0.3 is 0 Å². The van der Waals surface area contributed by atoms with Gasteiger partial charge in [-0.1, -0.05) is 37.3 Å².